The summed E-state index contributed by atoms with van der Waals surface area (Å²) in [7, 11) is 1.70. The minimum atomic E-state index is 0.497. The highest BCUT2D eigenvalue weighted by Gasteiger charge is 2.05. The maximum absolute atomic E-state index is 5.97. The van der Waals surface area contributed by atoms with Crippen LogP contribution in [0.4, 0.5) is 0 Å². The fraction of sp³-hybridized carbons (Fsp3) is 0.278. The lowest BCUT2D eigenvalue weighted by Gasteiger charge is -2.07. The molecule has 0 amide bonds. The number of hydrogen-bond donors (Lipinski definition) is 1. The van der Waals surface area contributed by atoms with E-state index in [0.717, 1.165) is 34.9 Å². The first-order chi connectivity index (χ1) is 11.4. The van der Waals surface area contributed by atoms with Crippen molar-refractivity contribution in [3.8, 4) is 5.75 Å². The van der Waals surface area contributed by atoms with Crippen LogP contribution >= 0.6 is 11.3 Å². The van der Waals surface area contributed by atoms with E-state index in [1.165, 1.54) is 5.39 Å². The van der Waals surface area contributed by atoms with Gasteiger partial charge in [0.1, 0.15) is 17.4 Å². The van der Waals surface area contributed by atoms with Gasteiger partial charge in [-0.25, -0.2) is 4.98 Å². The van der Waals surface area contributed by atoms with Gasteiger partial charge in [0.2, 0.25) is 0 Å². The summed E-state index contributed by atoms with van der Waals surface area (Å²) in [6.07, 6.45) is 0. The van der Waals surface area contributed by atoms with Crippen molar-refractivity contribution in [2.75, 3.05) is 20.3 Å². The molecule has 120 valence electrons. The van der Waals surface area contributed by atoms with Crippen LogP contribution in [0.1, 0.15) is 10.7 Å². The van der Waals surface area contributed by atoms with Gasteiger partial charge in [-0.1, -0.05) is 36.4 Å². The van der Waals surface area contributed by atoms with Crippen LogP contribution in [-0.4, -0.2) is 25.2 Å². The van der Waals surface area contributed by atoms with E-state index < -0.39 is 0 Å². The summed E-state index contributed by atoms with van der Waals surface area (Å²) >= 11 is 1.63. The fourth-order valence-electron chi connectivity index (χ4n) is 2.35. The Morgan fingerprint density at radius 1 is 1.13 bits per heavy atom. The SMILES string of the molecule is COCCNCc1csc(COc2cccc3ccccc23)n1. The molecule has 0 spiro atoms. The van der Waals surface area contributed by atoms with Gasteiger partial charge in [-0.2, -0.15) is 0 Å². The Hall–Kier alpha value is -1.95. The van der Waals surface area contributed by atoms with Crippen molar-refractivity contribution >= 4 is 22.1 Å². The van der Waals surface area contributed by atoms with E-state index in [1.807, 2.05) is 24.3 Å². The largest absolute Gasteiger partial charge is 0.486 e. The van der Waals surface area contributed by atoms with Crippen LogP contribution in [0, 0.1) is 0 Å². The molecule has 3 rings (SSSR count). The van der Waals surface area contributed by atoms with Crippen molar-refractivity contribution in [1.82, 2.24) is 10.3 Å². The lowest BCUT2D eigenvalue weighted by molar-refractivity contribution is 0.199. The molecule has 1 heterocycles. The average molecular weight is 328 g/mol. The topological polar surface area (TPSA) is 43.4 Å². The zero-order valence-corrected chi connectivity index (χ0v) is 13.9. The molecule has 0 unspecified atom stereocenters. The molecule has 0 saturated heterocycles. The van der Waals surface area contributed by atoms with Gasteiger partial charge in [0.15, 0.2) is 0 Å². The van der Waals surface area contributed by atoms with Crippen LogP contribution in [0.15, 0.2) is 47.8 Å². The van der Waals surface area contributed by atoms with E-state index in [-0.39, 0.29) is 0 Å². The highest BCUT2D eigenvalue weighted by atomic mass is 32.1. The molecule has 4 nitrogen and oxygen atoms in total. The molecule has 23 heavy (non-hydrogen) atoms. The summed E-state index contributed by atoms with van der Waals surface area (Å²) in [6, 6.07) is 14.4. The maximum atomic E-state index is 5.97. The molecule has 2 aromatic carbocycles. The Balaban J connectivity index is 1.59. The van der Waals surface area contributed by atoms with Crippen LogP contribution in [0.2, 0.25) is 0 Å². The molecule has 0 atom stereocenters. The summed E-state index contributed by atoms with van der Waals surface area (Å²) in [5.41, 5.74) is 1.04. The number of methoxy groups -OCH3 is 1. The standard InChI is InChI=1S/C18H20N2O2S/c1-21-10-9-19-11-15-13-23-18(20-15)12-22-17-8-4-6-14-5-2-3-7-16(14)17/h2-8,13,19H,9-12H2,1H3. The number of hydrogen-bond acceptors (Lipinski definition) is 5. The van der Waals surface area contributed by atoms with Gasteiger partial charge in [-0.05, 0) is 11.5 Å². The quantitative estimate of drug-likeness (QED) is 0.642. The average Bonchev–Trinajstić information content (AvgIpc) is 3.05. The Morgan fingerprint density at radius 2 is 2.00 bits per heavy atom. The lowest BCUT2D eigenvalue weighted by Crippen LogP contribution is -2.18. The molecule has 1 aromatic heterocycles. The number of benzene rings is 2. The molecular formula is C18H20N2O2S. The first kappa shape index (κ1) is 15.9. The van der Waals surface area contributed by atoms with Crippen LogP contribution in [0.3, 0.4) is 0 Å². The zero-order chi connectivity index (χ0) is 15.9. The summed E-state index contributed by atoms with van der Waals surface area (Å²) < 4.78 is 11.0. The van der Waals surface area contributed by atoms with E-state index in [1.54, 1.807) is 18.4 Å². The first-order valence-corrected chi connectivity index (χ1v) is 8.48. The number of rotatable bonds is 8. The molecule has 0 fully saturated rings. The van der Waals surface area contributed by atoms with E-state index in [4.69, 9.17) is 9.47 Å². The number of nitrogens with zero attached hydrogens (tertiary/aromatic N) is 1. The molecule has 0 bridgehead atoms. The minimum Gasteiger partial charge on any atom is -0.486 e. The third-order valence-electron chi connectivity index (χ3n) is 3.49. The van der Waals surface area contributed by atoms with Crippen LogP contribution in [-0.2, 0) is 17.9 Å². The van der Waals surface area contributed by atoms with Gasteiger partial charge >= 0.3 is 0 Å². The third kappa shape index (κ3) is 4.28. The number of thiazole rings is 1. The Labute approximate surface area is 140 Å². The summed E-state index contributed by atoms with van der Waals surface area (Å²) in [5, 5.41) is 8.67. The predicted octanol–water partition coefficient (Wildman–Crippen LogP) is 3.61. The zero-order valence-electron chi connectivity index (χ0n) is 13.1. The number of nitrogens with one attached hydrogen (secondary N) is 1. The molecule has 0 radical (unpaired) electrons. The predicted molar refractivity (Wildman–Crippen MR) is 94.0 cm³/mol. The number of ether oxygens (including phenoxy) is 2. The lowest BCUT2D eigenvalue weighted by atomic mass is 10.1. The Bertz CT molecular complexity index is 752. The van der Waals surface area contributed by atoms with Gasteiger partial charge < -0.3 is 14.8 Å². The summed E-state index contributed by atoms with van der Waals surface area (Å²) in [5.74, 6) is 0.901. The minimum absolute atomic E-state index is 0.497. The van der Waals surface area contributed by atoms with E-state index in [0.29, 0.717) is 13.2 Å². The summed E-state index contributed by atoms with van der Waals surface area (Å²) in [4.78, 5) is 4.59. The summed E-state index contributed by atoms with van der Waals surface area (Å²) in [6.45, 7) is 2.79. The van der Waals surface area contributed by atoms with Crippen molar-refractivity contribution in [2.45, 2.75) is 13.2 Å². The normalized spacial score (nSPS) is 11.0. The fourth-order valence-corrected chi connectivity index (χ4v) is 3.05. The van der Waals surface area contributed by atoms with Crippen molar-refractivity contribution in [3.05, 3.63) is 58.5 Å². The molecule has 1 N–H and O–H groups in total. The molecule has 3 aromatic rings. The van der Waals surface area contributed by atoms with E-state index in [2.05, 4.69) is 33.9 Å². The maximum Gasteiger partial charge on any atom is 0.140 e. The Morgan fingerprint density at radius 3 is 2.91 bits per heavy atom. The molecule has 0 aliphatic heterocycles. The number of fused-ring (bicyclic) bond motifs is 1. The van der Waals surface area contributed by atoms with Crippen molar-refractivity contribution in [2.24, 2.45) is 0 Å². The molecule has 0 aliphatic carbocycles. The van der Waals surface area contributed by atoms with Crippen LogP contribution < -0.4 is 10.1 Å². The smallest absolute Gasteiger partial charge is 0.140 e. The van der Waals surface area contributed by atoms with Crippen molar-refractivity contribution in [3.63, 3.8) is 0 Å². The second kappa shape index (κ2) is 8.06. The van der Waals surface area contributed by atoms with Gasteiger partial charge in [-0.15, -0.1) is 11.3 Å². The van der Waals surface area contributed by atoms with Gasteiger partial charge in [0.25, 0.3) is 0 Å². The second-order valence-electron chi connectivity index (χ2n) is 5.17. The molecule has 0 saturated carbocycles. The highest BCUT2D eigenvalue weighted by Crippen LogP contribution is 2.26. The van der Waals surface area contributed by atoms with E-state index >= 15 is 0 Å². The number of aromatic nitrogens is 1. The Kier molecular flexibility index (Phi) is 5.58. The van der Waals surface area contributed by atoms with Crippen molar-refractivity contribution in [1.29, 1.82) is 0 Å². The van der Waals surface area contributed by atoms with Gasteiger partial charge in [0.05, 0.1) is 12.3 Å². The van der Waals surface area contributed by atoms with E-state index in [9.17, 15) is 0 Å². The molecular weight excluding hydrogens is 308 g/mol. The second-order valence-corrected chi connectivity index (χ2v) is 6.11. The first-order valence-electron chi connectivity index (χ1n) is 7.60. The third-order valence-corrected chi connectivity index (χ3v) is 4.36. The monoisotopic (exact) mass is 328 g/mol. The van der Waals surface area contributed by atoms with Crippen molar-refractivity contribution < 1.29 is 9.47 Å². The van der Waals surface area contributed by atoms with Crippen LogP contribution in [0.25, 0.3) is 10.8 Å². The van der Waals surface area contributed by atoms with Gasteiger partial charge in [-0.3, -0.25) is 0 Å². The van der Waals surface area contributed by atoms with Crippen LogP contribution in [0.5, 0.6) is 5.75 Å². The molecule has 0 aliphatic rings. The van der Waals surface area contributed by atoms with Gasteiger partial charge in [0, 0.05) is 31.0 Å². The highest BCUT2D eigenvalue weighted by molar-refractivity contribution is 7.09. The molecule has 5 heteroatoms.